The van der Waals surface area contributed by atoms with Crippen molar-refractivity contribution in [3.8, 4) is 0 Å². The Morgan fingerprint density at radius 2 is 1.36 bits per heavy atom. The number of rotatable bonds is 19. The lowest BCUT2D eigenvalue weighted by molar-refractivity contribution is -0.122. The lowest BCUT2D eigenvalue weighted by Gasteiger charge is -2.27. The van der Waals surface area contributed by atoms with E-state index in [0.29, 0.717) is 6.42 Å². The van der Waals surface area contributed by atoms with E-state index in [0.717, 1.165) is 29.4 Å². The van der Waals surface area contributed by atoms with Gasteiger partial charge in [0.15, 0.2) is 5.11 Å². The molecule has 1 aromatic carbocycles. The fourth-order valence-corrected chi connectivity index (χ4v) is 4.92. The Labute approximate surface area is 247 Å². The van der Waals surface area contributed by atoms with Crippen LogP contribution in [0.3, 0.4) is 0 Å². The zero-order valence-corrected chi connectivity index (χ0v) is 26.2. The van der Waals surface area contributed by atoms with E-state index in [-0.39, 0.29) is 11.0 Å². The normalized spacial score (nSPS) is 12.2. The molecule has 1 aromatic rings. The van der Waals surface area contributed by atoms with Crippen LogP contribution in [0.1, 0.15) is 110 Å². The van der Waals surface area contributed by atoms with Gasteiger partial charge in [-0.05, 0) is 36.8 Å². The van der Waals surface area contributed by atoms with Crippen molar-refractivity contribution >= 4 is 79.7 Å². The lowest BCUT2D eigenvalue weighted by Crippen LogP contribution is -2.56. The van der Waals surface area contributed by atoms with E-state index >= 15 is 0 Å². The standard InChI is InChI=1S/C27H43BrCl3N3OS/c1-2-3-4-5-6-7-8-9-10-11-12-13-14-15-16-20-24(35)33-25(27(29,30)31)34-26(36)32-23-19-17-18-22(28)21-23/h17-19,21,25H,2-16,20H2,1H3,(H,33,35)(H2,32,34,36)/t25-/m0/s1. The summed E-state index contributed by atoms with van der Waals surface area (Å²) < 4.78 is -0.849. The van der Waals surface area contributed by atoms with E-state index in [1.54, 1.807) is 0 Å². The van der Waals surface area contributed by atoms with Crippen LogP contribution in [0.15, 0.2) is 28.7 Å². The number of alkyl halides is 3. The first-order valence-electron chi connectivity index (χ1n) is 13.4. The molecule has 36 heavy (non-hydrogen) atoms. The first-order valence-corrected chi connectivity index (χ1v) is 15.7. The Morgan fingerprint density at radius 3 is 1.83 bits per heavy atom. The minimum Gasteiger partial charge on any atom is -0.339 e. The second-order valence-electron chi connectivity index (χ2n) is 9.35. The number of nitrogens with one attached hydrogen (secondary N) is 3. The maximum Gasteiger partial charge on any atom is 0.228 e. The molecule has 9 heteroatoms. The monoisotopic (exact) mass is 641 g/mol. The highest BCUT2D eigenvalue weighted by Gasteiger charge is 2.34. The molecule has 0 unspecified atom stereocenters. The predicted molar refractivity (Wildman–Crippen MR) is 165 cm³/mol. The third kappa shape index (κ3) is 18.1. The first-order chi connectivity index (χ1) is 17.2. The van der Waals surface area contributed by atoms with Crippen LogP contribution in [0.5, 0.6) is 0 Å². The summed E-state index contributed by atoms with van der Waals surface area (Å²) in [6, 6.07) is 7.51. The molecule has 0 aliphatic rings. The second kappa shape index (κ2) is 20.7. The maximum absolute atomic E-state index is 12.4. The van der Waals surface area contributed by atoms with E-state index in [4.69, 9.17) is 47.0 Å². The van der Waals surface area contributed by atoms with Gasteiger partial charge in [-0.3, -0.25) is 4.79 Å². The molecule has 0 radical (unpaired) electrons. The van der Waals surface area contributed by atoms with Crippen LogP contribution in [0, 0.1) is 0 Å². The molecule has 0 bridgehead atoms. The minimum atomic E-state index is -1.76. The van der Waals surface area contributed by atoms with Gasteiger partial charge in [-0.25, -0.2) is 0 Å². The number of unbranched alkanes of at least 4 members (excludes halogenated alkanes) is 14. The number of hydrogen-bond acceptors (Lipinski definition) is 2. The van der Waals surface area contributed by atoms with E-state index in [1.807, 2.05) is 24.3 Å². The summed E-state index contributed by atoms with van der Waals surface area (Å²) in [7, 11) is 0. The number of thiocarbonyl (C=S) groups is 1. The van der Waals surface area contributed by atoms with Gasteiger partial charge in [0.1, 0.15) is 6.17 Å². The van der Waals surface area contributed by atoms with Gasteiger partial charge in [0.05, 0.1) is 0 Å². The zero-order valence-electron chi connectivity index (χ0n) is 21.5. The average Bonchev–Trinajstić information content (AvgIpc) is 2.80. The van der Waals surface area contributed by atoms with E-state index < -0.39 is 9.96 Å². The summed E-state index contributed by atoms with van der Waals surface area (Å²) in [5.41, 5.74) is 0.772. The molecule has 0 aliphatic heterocycles. The van der Waals surface area contributed by atoms with Crippen molar-refractivity contribution in [3.05, 3.63) is 28.7 Å². The third-order valence-electron chi connectivity index (χ3n) is 6.00. The van der Waals surface area contributed by atoms with Crippen molar-refractivity contribution in [2.45, 2.75) is 120 Å². The number of halogens is 4. The second-order valence-corrected chi connectivity index (χ2v) is 13.0. The number of benzene rings is 1. The molecule has 0 spiro atoms. The third-order valence-corrected chi connectivity index (χ3v) is 7.37. The molecule has 4 nitrogen and oxygen atoms in total. The molecular formula is C27H43BrCl3N3OS. The van der Waals surface area contributed by atoms with Gasteiger partial charge in [0, 0.05) is 16.6 Å². The summed E-state index contributed by atoms with van der Waals surface area (Å²) in [5, 5.41) is 8.91. The lowest BCUT2D eigenvalue weighted by atomic mass is 10.0. The molecule has 0 aliphatic carbocycles. The van der Waals surface area contributed by atoms with Crippen LogP contribution in [-0.4, -0.2) is 21.0 Å². The molecule has 1 amide bonds. The SMILES string of the molecule is CCCCCCCCCCCCCCCCCC(=O)N[C@@H](NC(=S)Nc1cccc(Br)c1)C(Cl)(Cl)Cl. The highest BCUT2D eigenvalue weighted by molar-refractivity contribution is 9.10. The largest absolute Gasteiger partial charge is 0.339 e. The molecule has 0 aromatic heterocycles. The Balaban J connectivity index is 2.12. The smallest absolute Gasteiger partial charge is 0.228 e. The molecular weight excluding hydrogens is 601 g/mol. The Hall–Kier alpha value is -0.270. The molecule has 1 atom stereocenters. The highest BCUT2D eigenvalue weighted by Crippen LogP contribution is 2.29. The summed E-state index contributed by atoms with van der Waals surface area (Å²) >= 11 is 26.9. The summed E-state index contributed by atoms with van der Waals surface area (Å²) in [6.07, 6.45) is 18.7. The Kier molecular flexibility index (Phi) is 19.4. The fraction of sp³-hybridized carbons (Fsp3) is 0.704. The van der Waals surface area contributed by atoms with Gasteiger partial charge in [-0.2, -0.15) is 0 Å². The van der Waals surface area contributed by atoms with Gasteiger partial charge in [-0.1, -0.05) is 154 Å². The number of carbonyl (C=O) groups excluding carboxylic acids is 1. The molecule has 0 saturated heterocycles. The van der Waals surface area contributed by atoms with Crippen molar-refractivity contribution in [2.24, 2.45) is 0 Å². The van der Waals surface area contributed by atoms with Crippen LogP contribution in [0.4, 0.5) is 5.69 Å². The van der Waals surface area contributed by atoms with Crippen LogP contribution in [-0.2, 0) is 4.79 Å². The van der Waals surface area contributed by atoms with Gasteiger partial charge >= 0.3 is 0 Å². The van der Waals surface area contributed by atoms with Crippen molar-refractivity contribution < 1.29 is 4.79 Å². The van der Waals surface area contributed by atoms with Crippen LogP contribution in [0.2, 0.25) is 0 Å². The number of hydrogen-bond donors (Lipinski definition) is 3. The summed E-state index contributed by atoms with van der Waals surface area (Å²) in [6.45, 7) is 2.27. The Bertz CT molecular complexity index is 749. The number of amides is 1. The predicted octanol–water partition coefficient (Wildman–Crippen LogP) is 9.81. The van der Waals surface area contributed by atoms with Gasteiger partial charge in [-0.15, -0.1) is 0 Å². The molecule has 0 saturated carbocycles. The van der Waals surface area contributed by atoms with Crippen LogP contribution < -0.4 is 16.0 Å². The molecule has 206 valence electrons. The van der Waals surface area contributed by atoms with Crippen molar-refractivity contribution in [3.63, 3.8) is 0 Å². The molecule has 0 heterocycles. The van der Waals surface area contributed by atoms with Gasteiger partial charge < -0.3 is 16.0 Å². The number of carbonyl (C=O) groups is 1. The molecule has 0 fully saturated rings. The minimum absolute atomic E-state index is 0.168. The summed E-state index contributed by atoms with van der Waals surface area (Å²) in [4.78, 5) is 12.4. The molecule has 3 N–H and O–H groups in total. The fourth-order valence-electron chi connectivity index (χ4n) is 3.95. The highest BCUT2D eigenvalue weighted by atomic mass is 79.9. The Morgan fingerprint density at radius 1 is 0.861 bits per heavy atom. The van der Waals surface area contributed by atoms with Crippen molar-refractivity contribution in [1.82, 2.24) is 10.6 Å². The van der Waals surface area contributed by atoms with E-state index in [2.05, 4.69) is 38.8 Å². The average molecular weight is 644 g/mol. The first kappa shape index (κ1) is 33.8. The summed E-state index contributed by atoms with van der Waals surface area (Å²) in [5.74, 6) is -0.168. The van der Waals surface area contributed by atoms with Crippen molar-refractivity contribution in [1.29, 1.82) is 0 Å². The van der Waals surface area contributed by atoms with Gasteiger partial charge in [0.2, 0.25) is 9.70 Å². The van der Waals surface area contributed by atoms with Crippen LogP contribution >= 0.6 is 63.0 Å². The number of anilines is 1. The van der Waals surface area contributed by atoms with Crippen LogP contribution in [0.25, 0.3) is 0 Å². The zero-order chi connectivity index (χ0) is 26.7. The maximum atomic E-state index is 12.4. The van der Waals surface area contributed by atoms with Gasteiger partial charge in [0.25, 0.3) is 0 Å². The van der Waals surface area contributed by atoms with Crippen molar-refractivity contribution in [2.75, 3.05) is 5.32 Å². The van der Waals surface area contributed by atoms with E-state index in [1.165, 1.54) is 77.0 Å². The molecule has 1 rings (SSSR count). The van der Waals surface area contributed by atoms with E-state index in [9.17, 15) is 4.79 Å². The topological polar surface area (TPSA) is 53.2 Å². The quantitative estimate of drug-likeness (QED) is 0.0608.